The van der Waals surface area contributed by atoms with Gasteiger partial charge in [-0.25, -0.2) is 4.79 Å². The van der Waals surface area contributed by atoms with Gasteiger partial charge in [-0.05, 0) is 51.0 Å². The van der Waals surface area contributed by atoms with Crippen LogP contribution in [-0.2, 0) is 20.9 Å². The van der Waals surface area contributed by atoms with E-state index in [1.54, 1.807) is 51.1 Å². The van der Waals surface area contributed by atoms with Gasteiger partial charge in [0.1, 0.15) is 12.1 Å². The molecule has 0 aliphatic rings. The number of amides is 3. The molecule has 7 heteroatoms. The van der Waals surface area contributed by atoms with Crippen molar-refractivity contribution < 1.29 is 19.1 Å². The largest absolute Gasteiger partial charge is 0.444 e. The fraction of sp³-hybridized carbons (Fsp3) is 0.421. The van der Waals surface area contributed by atoms with Gasteiger partial charge >= 0.3 is 6.09 Å². The highest BCUT2D eigenvalue weighted by Gasteiger charge is 2.16. The zero-order valence-corrected chi connectivity index (χ0v) is 15.7. The molecule has 0 aliphatic heterocycles. The van der Waals surface area contributed by atoms with E-state index in [4.69, 9.17) is 4.74 Å². The predicted molar refractivity (Wildman–Crippen MR) is 101 cm³/mol. The van der Waals surface area contributed by atoms with E-state index >= 15 is 0 Å². The molecule has 3 amide bonds. The topological polar surface area (TPSA) is 96.5 Å². The molecule has 3 N–H and O–H groups in total. The SMILES string of the molecule is CC/C=C/C(=O)Nc1ccc(CNC(=O)CNC(=O)OC(C)(C)C)cc1. The molecular formula is C19H27N3O4. The number of hydrogen-bond acceptors (Lipinski definition) is 4. The van der Waals surface area contributed by atoms with Crippen LogP contribution in [0.2, 0.25) is 0 Å². The van der Waals surface area contributed by atoms with E-state index in [-0.39, 0.29) is 18.4 Å². The minimum Gasteiger partial charge on any atom is -0.444 e. The number of benzene rings is 1. The van der Waals surface area contributed by atoms with E-state index in [0.29, 0.717) is 12.2 Å². The fourth-order valence-electron chi connectivity index (χ4n) is 1.84. The zero-order valence-electron chi connectivity index (χ0n) is 15.7. The van der Waals surface area contributed by atoms with Crippen LogP contribution in [0.1, 0.15) is 39.7 Å². The smallest absolute Gasteiger partial charge is 0.408 e. The first-order chi connectivity index (χ1) is 12.2. The van der Waals surface area contributed by atoms with Crippen LogP contribution in [0, 0.1) is 0 Å². The first-order valence-electron chi connectivity index (χ1n) is 8.49. The van der Waals surface area contributed by atoms with Crippen molar-refractivity contribution in [3.8, 4) is 0 Å². The van der Waals surface area contributed by atoms with Gasteiger partial charge in [-0.2, -0.15) is 0 Å². The molecule has 1 aromatic rings. The molecule has 0 saturated heterocycles. The molecule has 0 atom stereocenters. The van der Waals surface area contributed by atoms with Crippen molar-refractivity contribution >= 4 is 23.6 Å². The number of rotatable bonds is 7. The summed E-state index contributed by atoms with van der Waals surface area (Å²) in [4.78, 5) is 34.8. The Labute approximate surface area is 154 Å². The second-order valence-electron chi connectivity index (χ2n) is 6.63. The molecule has 0 fully saturated rings. The lowest BCUT2D eigenvalue weighted by Crippen LogP contribution is -2.39. The summed E-state index contributed by atoms with van der Waals surface area (Å²) in [7, 11) is 0. The monoisotopic (exact) mass is 361 g/mol. The van der Waals surface area contributed by atoms with Gasteiger partial charge in [0.2, 0.25) is 11.8 Å². The Morgan fingerprint density at radius 3 is 2.31 bits per heavy atom. The Balaban J connectivity index is 2.36. The lowest BCUT2D eigenvalue weighted by atomic mass is 10.2. The number of nitrogens with one attached hydrogen (secondary N) is 3. The van der Waals surface area contributed by atoms with Gasteiger partial charge < -0.3 is 20.7 Å². The summed E-state index contributed by atoms with van der Waals surface area (Å²) >= 11 is 0. The van der Waals surface area contributed by atoms with Crippen LogP contribution in [0.25, 0.3) is 0 Å². The van der Waals surface area contributed by atoms with Gasteiger partial charge in [-0.1, -0.05) is 25.1 Å². The van der Waals surface area contributed by atoms with Gasteiger partial charge in [0.25, 0.3) is 0 Å². The Hall–Kier alpha value is -2.83. The molecule has 142 valence electrons. The molecule has 0 heterocycles. The van der Waals surface area contributed by atoms with E-state index in [2.05, 4.69) is 16.0 Å². The van der Waals surface area contributed by atoms with Crippen molar-refractivity contribution in [3.05, 3.63) is 42.0 Å². The van der Waals surface area contributed by atoms with Crippen LogP contribution in [0.4, 0.5) is 10.5 Å². The van der Waals surface area contributed by atoms with Gasteiger partial charge in [0.05, 0.1) is 0 Å². The second-order valence-corrected chi connectivity index (χ2v) is 6.63. The van der Waals surface area contributed by atoms with Gasteiger partial charge in [0, 0.05) is 12.2 Å². The van der Waals surface area contributed by atoms with Crippen LogP contribution in [0.5, 0.6) is 0 Å². The van der Waals surface area contributed by atoms with Crippen LogP contribution >= 0.6 is 0 Å². The third-order valence-electron chi connectivity index (χ3n) is 3.01. The number of alkyl carbamates (subject to hydrolysis) is 1. The van der Waals surface area contributed by atoms with Crippen LogP contribution in [-0.4, -0.2) is 30.1 Å². The quantitative estimate of drug-likeness (QED) is 0.651. The molecule has 1 aromatic carbocycles. The van der Waals surface area contributed by atoms with Gasteiger partial charge in [-0.3, -0.25) is 9.59 Å². The zero-order chi connectivity index (χ0) is 19.6. The normalized spacial score (nSPS) is 11.1. The molecule has 26 heavy (non-hydrogen) atoms. The first kappa shape index (κ1) is 21.2. The number of carbonyl (C=O) groups is 3. The molecule has 1 rings (SSSR count). The number of carbonyl (C=O) groups excluding carboxylic acids is 3. The van der Waals surface area contributed by atoms with Crippen molar-refractivity contribution in [2.24, 2.45) is 0 Å². The summed E-state index contributed by atoms with van der Waals surface area (Å²) in [6.45, 7) is 7.36. The molecule has 0 aliphatic carbocycles. The predicted octanol–water partition coefficient (Wildman–Crippen LogP) is 2.73. The maximum Gasteiger partial charge on any atom is 0.408 e. The lowest BCUT2D eigenvalue weighted by molar-refractivity contribution is -0.120. The summed E-state index contributed by atoms with van der Waals surface area (Å²) < 4.78 is 5.05. The third kappa shape index (κ3) is 9.46. The third-order valence-corrected chi connectivity index (χ3v) is 3.01. The molecule has 0 aromatic heterocycles. The minimum atomic E-state index is -0.634. The maximum atomic E-state index is 11.8. The Bertz CT molecular complexity index is 646. The van der Waals surface area contributed by atoms with Crippen LogP contribution in [0.15, 0.2) is 36.4 Å². The lowest BCUT2D eigenvalue weighted by Gasteiger charge is -2.19. The molecule has 0 radical (unpaired) electrons. The standard InChI is InChI=1S/C19H27N3O4/c1-5-6-7-16(23)22-15-10-8-14(9-11-15)12-20-17(24)13-21-18(25)26-19(2,3)4/h6-11H,5,12-13H2,1-4H3,(H,20,24)(H,21,25)(H,22,23)/b7-6+. The molecule has 0 saturated carbocycles. The van der Waals surface area contributed by atoms with Crippen molar-refractivity contribution in [1.29, 1.82) is 0 Å². The first-order valence-corrected chi connectivity index (χ1v) is 8.49. The summed E-state index contributed by atoms with van der Waals surface area (Å²) in [6.07, 6.45) is 3.44. The van der Waals surface area contributed by atoms with E-state index < -0.39 is 11.7 Å². The van der Waals surface area contributed by atoms with Crippen molar-refractivity contribution in [3.63, 3.8) is 0 Å². The van der Waals surface area contributed by atoms with Gasteiger partial charge in [0.15, 0.2) is 0 Å². The summed E-state index contributed by atoms with van der Waals surface area (Å²) in [5.41, 5.74) is 0.944. The van der Waals surface area contributed by atoms with E-state index in [1.165, 1.54) is 6.08 Å². The average Bonchev–Trinajstić information content (AvgIpc) is 2.56. The van der Waals surface area contributed by atoms with Crippen molar-refractivity contribution in [2.45, 2.75) is 46.3 Å². The maximum absolute atomic E-state index is 11.8. The highest BCUT2D eigenvalue weighted by atomic mass is 16.6. The second kappa shape index (κ2) is 10.2. The van der Waals surface area contributed by atoms with E-state index in [1.807, 2.05) is 6.92 Å². The van der Waals surface area contributed by atoms with Crippen molar-refractivity contribution in [1.82, 2.24) is 10.6 Å². The Kier molecular flexibility index (Phi) is 8.34. The molecule has 0 bridgehead atoms. The Morgan fingerprint density at radius 1 is 1.08 bits per heavy atom. The number of allylic oxidation sites excluding steroid dienone is 1. The highest BCUT2D eigenvalue weighted by Crippen LogP contribution is 2.09. The van der Waals surface area contributed by atoms with Gasteiger partial charge in [-0.15, -0.1) is 0 Å². The molecule has 0 unspecified atom stereocenters. The highest BCUT2D eigenvalue weighted by molar-refractivity contribution is 5.99. The number of hydrogen-bond donors (Lipinski definition) is 3. The van der Waals surface area contributed by atoms with Crippen LogP contribution in [0.3, 0.4) is 0 Å². The van der Waals surface area contributed by atoms with E-state index in [0.717, 1.165) is 12.0 Å². The number of ether oxygens (including phenoxy) is 1. The average molecular weight is 361 g/mol. The fourth-order valence-corrected chi connectivity index (χ4v) is 1.84. The summed E-state index contributed by atoms with van der Waals surface area (Å²) in [5.74, 6) is -0.501. The summed E-state index contributed by atoms with van der Waals surface area (Å²) in [5, 5.41) is 7.84. The van der Waals surface area contributed by atoms with Crippen LogP contribution < -0.4 is 16.0 Å². The number of anilines is 1. The summed E-state index contributed by atoms with van der Waals surface area (Å²) in [6, 6.07) is 7.14. The molecule has 7 nitrogen and oxygen atoms in total. The minimum absolute atomic E-state index is 0.160. The molecular weight excluding hydrogens is 334 g/mol. The van der Waals surface area contributed by atoms with Crippen molar-refractivity contribution in [2.75, 3.05) is 11.9 Å². The Morgan fingerprint density at radius 2 is 1.73 bits per heavy atom. The van der Waals surface area contributed by atoms with E-state index in [9.17, 15) is 14.4 Å². The molecule has 0 spiro atoms.